The zero-order chi connectivity index (χ0) is 14.8. The molecule has 0 radical (unpaired) electrons. The van der Waals surface area contributed by atoms with Gasteiger partial charge >= 0.3 is 0 Å². The van der Waals surface area contributed by atoms with Gasteiger partial charge in [-0.3, -0.25) is 0 Å². The number of fused-ring (bicyclic) bond motifs is 1. The third kappa shape index (κ3) is 2.73. The van der Waals surface area contributed by atoms with Gasteiger partial charge in [0.1, 0.15) is 11.6 Å². The first-order valence-electron chi connectivity index (χ1n) is 7.38. The molecule has 0 spiro atoms. The molecule has 2 atom stereocenters. The van der Waals surface area contributed by atoms with Crippen molar-refractivity contribution in [2.45, 2.75) is 31.7 Å². The fourth-order valence-electron chi connectivity index (χ4n) is 3.13. The lowest BCUT2D eigenvalue weighted by Gasteiger charge is -2.31. The number of methoxy groups -OCH3 is 1. The van der Waals surface area contributed by atoms with Crippen LogP contribution < -0.4 is 10.1 Å². The molecule has 2 aromatic rings. The Balaban J connectivity index is 1.91. The average molecular weight is 285 g/mol. The van der Waals surface area contributed by atoms with Crippen molar-refractivity contribution in [1.29, 1.82) is 0 Å². The maximum absolute atomic E-state index is 13.3. The summed E-state index contributed by atoms with van der Waals surface area (Å²) in [6.45, 7) is 2.27. The smallest absolute Gasteiger partial charge is 0.144 e. The van der Waals surface area contributed by atoms with E-state index in [2.05, 4.69) is 36.5 Å². The SMILES string of the molecule is COc1cc(F)ccc1NC1CCC(C)c2ccccc21. The highest BCUT2D eigenvalue weighted by Crippen LogP contribution is 2.40. The van der Waals surface area contributed by atoms with E-state index in [9.17, 15) is 4.39 Å². The van der Waals surface area contributed by atoms with Gasteiger partial charge in [-0.15, -0.1) is 0 Å². The third-order valence-corrected chi connectivity index (χ3v) is 4.28. The normalized spacial score (nSPS) is 20.7. The van der Waals surface area contributed by atoms with Crippen LogP contribution in [0, 0.1) is 5.82 Å². The van der Waals surface area contributed by atoms with E-state index in [0.717, 1.165) is 18.5 Å². The Morgan fingerprint density at radius 2 is 1.86 bits per heavy atom. The number of hydrogen-bond donors (Lipinski definition) is 1. The molecule has 1 aliphatic rings. The van der Waals surface area contributed by atoms with Crippen molar-refractivity contribution in [2.24, 2.45) is 0 Å². The minimum absolute atomic E-state index is 0.247. The first kappa shape index (κ1) is 13.9. The van der Waals surface area contributed by atoms with E-state index >= 15 is 0 Å². The Morgan fingerprint density at radius 3 is 2.62 bits per heavy atom. The summed E-state index contributed by atoms with van der Waals surface area (Å²) in [5.41, 5.74) is 3.58. The van der Waals surface area contributed by atoms with Gasteiger partial charge in [0.2, 0.25) is 0 Å². The predicted molar refractivity (Wildman–Crippen MR) is 83.4 cm³/mol. The van der Waals surface area contributed by atoms with Gasteiger partial charge in [0.25, 0.3) is 0 Å². The molecular formula is C18H20FNO. The largest absolute Gasteiger partial charge is 0.494 e. The first-order valence-corrected chi connectivity index (χ1v) is 7.38. The van der Waals surface area contributed by atoms with Gasteiger partial charge in [-0.05, 0) is 42.0 Å². The average Bonchev–Trinajstić information content (AvgIpc) is 2.52. The van der Waals surface area contributed by atoms with Crippen molar-refractivity contribution < 1.29 is 9.13 Å². The van der Waals surface area contributed by atoms with Crippen LogP contribution in [0.5, 0.6) is 5.75 Å². The van der Waals surface area contributed by atoms with Crippen molar-refractivity contribution in [3.63, 3.8) is 0 Å². The second-order valence-electron chi connectivity index (χ2n) is 5.65. The van der Waals surface area contributed by atoms with E-state index in [1.54, 1.807) is 13.2 Å². The molecule has 2 nitrogen and oxygen atoms in total. The Morgan fingerprint density at radius 1 is 1.10 bits per heavy atom. The Bertz CT molecular complexity index is 641. The Kier molecular flexibility index (Phi) is 3.82. The maximum Gasteiger partial charge on any atom is 0.144 e. The highest BCUT2D eigenvalue weighted by Gasteiger charge is 2.24. The number of benzene rings is 2. The van der Waals surface area contributed by atoms with Crippen LogP contribution in [0.15, 0.2) is 42.5 Å². The van der Waals surface area contributed by atoms with Crippen molar-refractivity contribution in [1.82, 2.24) is 0 Å². The summed E-state index contributed by atoms with van der Waals surface area (Å²) in [5, 5.41) is 3.51. The molecule has 0 aliphatic heterocycles. The first-order chi connectivity index (χ1) is 10.2. The standard InChI is InChI=1S/C18H20FNO/c1-12-7-9-16(15-6-4-3-5-14(12)15)20-17-10-8-13(19)11-18(17)21-2/h3-6,8,10-12,16,20H,7,9H2,1-2H3. The monoisotopic (exact) mass is 285 g/mol. The van der Waals surface area contributed by atoms with Crippen molar-refractivity contribution in [3.05, 3.63) is 59.4 Å². The molecule has 0 heterocycles. The minimum Gasteiger partial charge on any atom is -0.494 e. The molecule has 0 saturated carbocycles. The van der Waals surface area contributed by atoms with Gasteiger partial charge in [-0.25, -0.2) is 4.39 Å². The van der Waals surface area contributed by atoms with Crippen LogP contribution in [0.2, 0.25) is 0 Å². The molecule has 1 aliphatic carbocycles. The summed E-state index contributed by atoms with van der Waals surface area (Å²) < 4.78 is 18.6. The van der Waals surface area contributed by atoms with E-state index in [0.29, 0.717) is 11.7 Å². The lowest BCUT2D eigenvalue weighted by Crippen LogP contribution is -2.19. The molecule has 110 valence electrons. The zero-order valence-corrected chi connectivity index (χ0v) is 12.4. The molecule has 1 N–H and O–H groups in total. The van der Waals surface area contributed by atoms with E-state index in [1.807, 2.05) is 0 Å². The maximum atomic E-state index is 13.3. The second-order valence-corrected chi connectivity index (χ2v) is 5.65. The molecule has 0 saturated heterocycles. The van der Waals surface area contributed by atoms with Gasteiger partial charge in [0, 0.05) is 6.07 Å². The number of hydrogen-bond acceptors (Lipinski definition) is 2. The number of nitrogens with one attached hydrogen (secondary N) is 1. The fraction of sp³-hybridized carbons (Fsp3) is 0.333. The van der Waals surface area contributed by atoms with Crippen LogP contribution in [0.4, 0.5) is 10.1 Å². The lowest BCUT2D eigenvalue weighted by molar-refractivity contribution is 0.412. The van der Waals surface area contributed by atoms with Crippen molar-refractivity contribution >= 4 is 5.69 Å². The second kappa shape index (κ2) is 5.76. The molecule has 0 aromatic heterocycles. The van der Waals surface area contributed by atoms with Gasteiger partial charge in [0.15, 0.2) is 0 Å². The van der Waals surface area contributed by atoms with Crippen molar-refractivity contribution in [2.75, 3.05) is 12.4 Å². The summed E-state index contributed by atoms with van der Waals surface area (Å²) in [5.74, 6) is 0.857. The van der Waals surface area contributed by atoms with Crippen molar-refractivity contribution in [3.8, 4) is 5.75 Å². The lowest BCUT2D eigenvalue weighted by atomic mass is 9.81. The molecule has 2 unspecified atom stereocenters. The Hall–Kier alpha value is -2.03. The quantitative estimate of drug-likeness (QED) is 0.867. The number of halogens is 1. The molecule has 21 heavy (non-hydrogen) atoms. The summed E-state index contributed by atoms with van der Waals surface area (Å²) in [6.07, 6.45) is 2.22. The van der Waals surface area contributed by atoms with E-state index in [1.165, 1.54) is 23.3 Å². The molecular weight excluding hydrogens is 265 g/mol. The predicted octanol–water partition coefficient (Wildman–Crippen LogP) is 4.88. The number of ether oxygens (including phenoxy) is 1. The van der Waals surface area contributed by atoms with Crippen LogP contribution in [-0.4, -0.2) is 7.11 Å². The van der Waals surface area contributed by atoms with Crippen LogP contribution >= 0.6 is 0 Å². The van der Waals surface area contributed by atoms with Gasteiger partial charge in [-0.2, -0.15) is 0 Å². The molecule has 0 fully saturated rings. The summed E-state index contributed by atoms with van der Waals surface area (Å²) >= 11 is 0. The highest BCUT2D eigenvalue weighted by molar-refractivity contribution is 5.58. The molecule has 3 heteroatoms. The fourth-order valence-corrected chi connectivity index (χ4v) is 3.13. The van der Waals surface area contributed by atoms with Crippen LogP contribution in [0.1, 0.15) is 42.9 Å². The molecule has 0 bridgehead atoms. The van der Waals surface area contributed by atoms with E-state index < -0.39 is 0 Å². The van der Waals surface area contributed by atoms with Gasteiger partial charge < -0.3 is 10.1 Å². The Labute approximate surface area is 125 Å². The summed E-state index contributed by atoms with van der Waals surface area (Å²) in [4.78, 5) is 0. The molecule has 0 amide bonds. The molecule has 3 rings (SSSR count). The van der Waals surface area contributed by atoms with Gasteiger partial charge in [-0.1, -0.05) is 31.2 Å². The topological polar surface area (TPSA) is 21.3 Å². The van der Waals surface area contributed by atoms with E-state index in [-0.39, 0.29) is 11.9 Å². The van der Waals surface area contributed by atoms with Gasteiger partial charge in [0.05, 0.1) is 18.8 Å². The summed E-state index contributed by atoms with van der Waals surface area (Å²) in [6, 6.07) is 13.4. The van der Waals surface area contributed by atoms with Crippen LogP contribution in [0.25, 0.3) is 0 Å². The molecule has 2 aromatic carbocycles. The summed E-state index contributed by atoms with van der Waals surface area (Å²) in [7, 11) is 1.57. The van der Waals surface area contributed by atoms with Crippen LogP contribution in [0.3, 0.4) is 0 Å². The zero-order valence-electron chi connectivity index (χ0n) is 12.4. The highest BCUT2D eigenvalue weighted by atomic mass is 19.1. The number of anilines is 1. The number of rotatable bonds is 3. The van der Waals surface area contributed by atoms with Crippen LogP contribution in [-0.2, 0) is 0 Å². The van der Waals surface area contributed by atoms with E-state index in [4.69, 9.17) is 4.74 Å². The minimum atomic E-state index is -0.282. The third-order valence-electron chi connectivity index (χ3n) is 4.28.